The largest absolute Gasteiger partial charge is 0.273 e. The Kier molecular flexibility index (Phi) is 2.65. The van der Waals surface area contributed by atoms with E-state index in [9.17, 15) is 9.59 Å². The first-order valence-electron chi connectivity index (χ1n) is 3.95. The second-order valence-corrected chi connectivity index (χ2v) is 2.73. The van der Waals surface area contributed by atoms with Gasteiger partial charge in [-0.25, -0.2) is 10.4 Å². The van der Waals surface area contributed by atoms with Crippen LogP contribution < -0.4 is 5.43 Å². The first-order chi connectivity index (χ1) is 5.63. The molecule has 1 heterocycles. The smallest absolute Gasteiger partial charge is 0.253 e. The minimum atomic E-state index is -0.162. The molecule has 1 aliphatic rings. The molecule has 0 aromatic rings. The normalized spacial score (nSPS) is 17.8. The van der Waals surface area contributed by atoms with E-state index in [0.717, 1.165) is 13.0 Å². The van der Waals surface area contributed by atoms with Crippen LogP contribution in [-0.4, -0.2) is 35.0 Å². The number of carbonyl (C=O) groups excluding carboxylic acids is 2. The van der Waals surface area contributed by atoms with E-state index in [1.807, 2.05) is 0 Å². The lowest BCUT2D eigenvalue weighted by atomic mass is 10.4. The van der Waals surface area contributed by atoms with Gasteiger partial charge in [-0.1, -0.05) is 0 Å². The minimum absolute atomic E-state index is 0.114. The van der Waals surface area contributed by atoms with Crippen molar-refractivity contribution in [1.82, 2.24) is 15.6 Å². The van der Waals surface area contributed by atoms with Crippen LogP contribution in [0.15, 0.2) is 0 Å². The molecule has 0 aliphatic carbocycles. The molecule has 12 heavy (non-hydrogen) atoms. The Hall–Kier alpha value is -1.10. The van der Waals surface area contributed by atoms with Crippen LogP contribution in [0.1, 0.15) is 20.3 Å². The average Bonchev–Trinajstić information content (AvgIpc) is 2.04. The number of nitrogens with one attached hydrogen (secondary N) is 1. The molecule has 5 nitrogen and oxygen atoms in total. The van der Waals surface area contributed by atoms with Crippen molar-refractivity contribution in [1.29, 1.82) is 0 Å². The van der Waals surface area contributed by atoms with E-state index in [1.165, 1.54) is 24.0 Å². The van der Waals surface area contributed by atoms with Crippen LogP contribution in [-0.2, 0) is 9.59 Å². The maximum absolute atomic E-state index is 11.0. The predicted molar refractivity (Wildman–Crippen MR) is 42.5 cm³/mol. The monoisotopic (exact) mass is 171 g/mol. The lowest BCUT2D eigenvalue weighted by molar-refractivity contribution is -0.173. The van der Waals surface area contributed by atoms with Gasteiger partial charge in [0.15, 0.2) is 0 Å². The maximum Gasteiger partial charge on any atom is 0.253 e. The molecule has 0 aromatic heterocycles. The molecule has 5 heteroatoms. The summed E-state index contributed by atoms with van der Waals surface area (Å²) in [6.07, 6.45) is 0.878. The predicted octanol–water partition coefficient (Wildman–Crippen LogP) is -0.493. The fourth-order valence-electron chi connectivity index (χ4n) is 1.18. The third-order valence-corrected chi connectivity index (χ3v) is 1.71. The fraction of sp³-hybridized carbons (Fsp3) is 0.714. The summed E-state index contributed by atoms with van der Waals surface area (Å²) in [5.74, 6) is -0.276. The molecule has 0 radical (unpaired) electrons. The van der Waals surface area contributed by atoms with Gasteiger partial charge in [-0.2, -0.15) is 5.12 Å². The fourth-order valence-corrected chi connectivity index (χ4v) is 1.18. The van der Waals surface area contributed by atoms with Gasteiger partial charge in [-0.3, -0.25) is 9.59 Å². The lowest BCUT2D eigenvalue weighted by Gasteiger charge is -2.37. The molecule has 1 rings (SSSR count). The van der Waals surface area contributed by atoms with Crippen molar-refractivity contribution >= 4 is 11.8 Å². The highest BCUT2D eigenvalue weighted by molar-refractivity contribution is 5.79. The Morgan fingerprint density at radius 1 is 1.25 bits per heavy atom. The molecule has 0 atom stereocenters. The third-order valence-electron chi connectivity index (χ3n) is 1.71. The Morgan fingerprint density at radius 2 is 1.92 bits per heavy atom. The number of carbonyl (C=O) groups is 2. The SMILES string of the molecule is CC(=O)N1CCCNN1C(C)=O. The zero-order valence-corrected chi connectivity index (χ0v) is 7.33. The summed E-state index contributed by atoms with van der Waals surface area (Å²) in [6, 6.07) is 0. The number of amides is 2. The summed E-state index contributed by atoms with van der Waals surface area (Å²) in [4.78, 5) is 22.0. The average molecular weight is 171 g/mol. The van der Waals surface area contributed by atoms with Crippen LogP contribution in [0.3, 0.4) is 0 Å². The molecule has 0 aromatic carbocycles. The summed E-state index contributed by atoms with van der Waals surface area (Å²) < 4.78 is 0. The Bertz CT molecular complexity index is 183. The van der Waals surface area contributed by atoms with Crippen LogP contribution in [0.5, 0.6) is 0 Å². The van der Waals surface area contributed by atoms with Crippen molar-refractivity contribution in [3.8, 4) is 0 Å². The van der Waals surface area contributed by atoms with Gasteiger partial charge in [0, 0.05) is 26.9 Å². The Morgan fingerprint density at radius 3 is 2.33 bits per heavy atom. The van der Waals surface area contributed by atoms with E-state index in [2.05, 4.69) is 5.43 Å². The van der Waals surface area contributed by atoms with Gasteiger partial charge in [-0.05, 0) is 6.42 Å². The van der Waals surface area contributed by atoms with Crippen molar-refractivity contribution in [2.45, 2.75) is 20.3 Å². The summed E-state index contributed by atoms with van der Waals surface area (Å²) in [5, 5.41) is 2.68. The molecular weight excluding hydrogens is 158 g/mol. The van der Waals surface area contributed by atoms with Crippen LogP contribution >= 0.6 is 0 Å². The van der Waals surface area contributed by atoms with Gasteiger partial charge in [0.1, 0.15) is 0 Å². The second kappa shape index (κ2) is 3.53. The van der Waals surface area contributed by atoms with Gasteiger partial charge in [0.25, 0.3) is 5.91 Å². The van der Waals surface area contributed by atoms with Crippen LogP contribution in [0.2, 0.25) is 0 Å². The standard InChI is InChI=1S/C7H13N3O2/c1-6(11)9-5-3-4-8-10(9)7(2)12/h8H,3-5H2,1-2H3. The minimum Gasteiger partial charge on any atom is -0.273 e. The van der Waals surface area contributed by atoms with Crippen molar-refractivity contribution in [2.24, 2.45) is 0 Å². The quantitative estimate of drug-likeness (QED) is 0.535. The summed E-state index contributed by atoms with van der Waals surface area (Å²) in [7, 11) is 0. The van der Waals surface area contributed by atoms with Crippen molar-refractivity contribution in [2.75, 3.05) is 13.1 Å². The number of nitrogens with zero attached hydrogens (tertiary/aromatic N) is 2. The van der Waals surface area contributed by atoms with Crippen molar-refractivity contribution in [3.63, 3.8) is 0 Å². The first kappa shape index (κ1) is 8.99. The summed E-state index contributed by atoms with van der Waals surface area (Å²) in [6.45, 7) is 4.22. The van der Waals surface area contributed by atoms with Gasteiger partial charge in [-0.15, -0.1) is 0 Å². The highest BCUT2D eigenvalue weighted by Gasteiger charge is 2.23. The van der Waals surface area contributed by atoms with Gasteiger partial charge < -0.3 is 0 Å². The number of hydrogen-bond acceptors (Lipinski definition) is 3. The molecule has 1 fully saturated rings. The van der Waals surface area contributed by atoms with E-state index in [0.29, 0.717) is 6.54 Å². The molecule has 0 bridgehead atoms. The zero-order chi connectivity index (χ0) is 9.14. The van der Waals surface area contributed by atoms with E-state index in [1.54, 1.807) is 0 Å². The summed E-state index contributed by atoms with van der Waals surface area (Å²) in [5.41, 5.74) is 2.84. The molecule has 2 amide bonds. The number of hydrazine groups is 2. The van der Waals surface area contributed by atoms with Gasteiger partial charge >= 0.3 is 0 Å². The van der Waals surface area contributed by atoms with Crippen LogP contribution in [0.25, 0.3) is 0 Å². The molecule has 1 aliphatic heterocycles. The molecule has 0 spiro atoms. The maximum atomic E-state index is 11.0. The molecule has 68 valence electrons. The Labute approximate surface area is 71.3 Å². The van der Waals surface area contributed by atoms with E-state index >= 15 is 0 Å². The molecule has 1 saturated heterocycles. The highest BCUT2D eigenvalue weighted by atomic mass is 16.2. The van der Waals surface area contributed by atoms with Gasteiger partial charge in [0.2, 0.25) is 5.91 Å². The first-order valence-corrected chi connectivity index (χ1v) is 3.95. The highest BCUT2D eigenvalue weighted by Crippen LogP contribution is 2.03. The molecular formula is C7H13N3O2. The zero-order valence-electron chi connectivity index (χ0n) is 7.33. The van der Waals surface area contributed by atoms with Crippen LogP contribution in [0, 0.1) is 0 Å². The molecule has 1 N–H and O–H groups in total. The van der Waals surface area contributed by atoms with E-state index < -0.39 is 0 Å². The van der Waals surface area contributed by atoms with E-state index in [4.69, 9.17) is 0 Å². The van der Waals surface area contributed by atoms with Crippen molar-refractivity contribution in [3.05, 3.63) is 0 Å². The topological polar surface area (TPSA) is 52.7 Å². The number of rotatable bonds is 0. The molecule has 0 saturated carbocycles. The van der Waals surface area contributed by atoms with Gasteiger partial charge in [0.05, 0.1) is 0 Å². The summed E-state index contributed by atoms with van der Waals surface area (Å²) >= 11 is 0. The van der Waals surface area contributed by atoms with E-state index in [-0.39, 0.29) is 11.8 Å². The lowest BCUT2D eigenvalue weighted by Crippen LogP contribution is -2.59. The van der Waals surface area contributed by atoms with Crippen molar-refractivity contribution < 1.29 is 9.59 Å². The van der Waals surface area contributed by atoms with Crippen LogP contribution in [0.4, 0.5) is 0 Å². The molecule has 0 unspecified atom stereocenters. The second-order valence-electron chi connectivity index (χ2n) is 2.73. The third kappa shape index (κ3) is 1.73. The number of hydrogen-bond donors (Lipinski definition) is 1. The Balaban J connectivity index is 2.67.